The molecule has 142 valence electrons. The van der Waals surface area contributed by atoms with Crippen LogP contribution in [0.3, 0.4) is 0 Å². The van der Waals surface area contributed by atoms with Crippen molar-refractivity contribution in [3.63, 3.8) is 0 Å². The Balaban J connectivity index is 1.63. The molecule has 1 N–H and O–H groups in total. The van der Waals surface area contributed by atoms with Gasteiger partial charge in [0.25, 0.3) is 0 Å². The van der Waals surface area contributed by atoms with E-state index in [0.29, 0.717) is 23.7 Å². The predicted molar refractivity (Wildman–Crippen MR) is 94.2 cm³/mol. The lowest BCUT2D eigenvalue weighted by Gasteiger charge is -2.31. The minimum atomic E-state index is -5.23. The molecule has 1 aliphatic heterocycles. The van der Waals surface area contributed by atoms with Gasteiger partial charge in [-0.3, -0.25) is 4.98 Å². The standard InChI is InChI=1S/C17H20F3N3O2S/c1-12-10-16(14-4-2-3-5-15(14)22-12)21-11-13-6-8-23(9-7-13)26(24,25)17(18,19)20/h2-5,10,13H,6-9,11H2,1H3,(H,21,22). The third kappa shape index (κ3) is 3.78. The van der Waals surface area contributed by atoms with Crippen molar-refractivity contribution < 1.29 is 21.6 Å². The highest BCUT2D eigenvalue weighted by Gasteiger charge is 2.50. The Morgan fingerprint density at radius 1 is 1.23 bits per heavy atom. The van der Waals surface area contributed by atoms with Gasteiger partial charge in [0.1, 0.15) is 0 Å². The summed E-state index contributed by atoms with van der Waals surface area (Å²) in [6.07, 6.45) is 0.786. The topological polar surface area (TPSA) is 62.3 Å². The number of pyridine rings is 1. The number of aromatic nitrogens is 1. The SMILES string of the molecule is Cc1cc(NCC2CCN(S(=O)(=O)C(F)(F)F)CC2)c2ccccc2n1. The Morgan fingerprint density at radius 3 is 2.54 bits per heavy atom. The van der Waals surface area contributed by atoms with Crippen LogP contribution in [0.2, 0.25) is 0 Å². The molecular formula is C17H20F3N3O2S. The molecule has 0 saturated carbocycles. The summed E-state index contributed by atoms with van der Waals surface area (Å²) in [7, 11) is -5.22. The van der Waals surface area contributed by atoms with Crippen LogP contribution in [-0.4, -0.2) is 42.8 Å². The number of nitrogens with one attached hydrogen (secondary N) is 1. The number of aryl methyl sites for hydroxylation is 1. The van der Waals surface area contributed by atoms with E-state index >= 15 is 0 Å². The van der Waals surface area contributed by atoms with Gasteiger partial charge < -0.3 is 5.32 Å². The number of halogens is 3. The summed E-state index contributed by atoms with van der Waals surface area (Å²) in [5.41, 5.74) is -2.55. The first kappa shape index (κ1) is 18.9. The third-order valence-electron chi connectivity index (χ3n) is 4.63. The first-order valence-electron chi connectivity index (χ1n) is 8.35. The maximum Gasteiger partial charge on any atom is 0.511 e. The summed E-state index contributed by atoms with van der Waals surface area (Å²) in [6, 6.07) is 9.66. The fourth-order valence-corrected chi connectivity index (χ4v) is 4.19. The van der Waals surface area contributed by atoms with Crippen LogP contribution in [0.4, 0.5) is 18.9 Å². The van der Waals surface area contributed by atoms with Gasteiger partial charge in [0.2, 0.25) is 0 Å². The van der Waals surface area contributed by atoms with Gasteiger partial charge in [-0.25, -0.2) is 8.42 Å². The van der Waals surface area contributed by atoms with Crippen LogP contribution in [0.25, 0.3) is 10.9 Å². The van der Waals surface area contributed by atoms with E-state index in [1.54, 1.807) is 0 Å². The van der Waals surface area contributed by atoms with E-state index in [4.69, 9.17) is 0 Å². The Morgan fingerprint density at radius 2 is 1.88 bits per heavy atom. The van der Waals surface area contributed by atoms with E-state index in [-0.39, 0.29) is 19.0 Å². The zero-order chi connectivity index (χ0) is 18.9. The molecule has 3 rings (SSSR count). The van der Waals surface area contributed by atoms with Crippen molar-refractivity contribution >= 4 is 26.6 Å². The maximum atomic E-state index is 12.6. The van der Waals surface area contributed by atoms with Gasteiger partial charge in [-0.05, 0) is 37.8 Å². The van der Waals surface area contributed by atoms with E-state index in [0.717, 1.165) is 22.3 Å². The zero-order valence-corrected chi connectivity index (χ0v) is 15.1. The zero-order valence-electron chi connectivity index (χ0n) is 14.3. The molecule has 1 aliphatic rings. The molecule has 9 heteroatoms. The Hall–Kier alpha value is -1.87. The Bertz CT molecular complexity index is 892. The minimum absolute atomic E-state index is 0.107. The van der Waals surface area contributed by atoms with Crippen LogP contribution < -0.4 is 5.32 Å². The van der Waals surface area contributed by atoms with Gasteiger partial charge >= 0.3 is 15.5 Å². The average Bonchev–Trinajstić information content (AvgIpc) is 2.59. The predicted octanol–water partition coefficient (Wildman–Crippen LogP) is 3.52. The minimum Gasteiger partial charge on any atom is -0.384 e. The molecule has 2 aromatic rings. The van der Waals surface area contributed by atoms with E-state index in [2.05, 4.69) is 10.3 Å². The average molecular weight is 387 g/mol. The molecular weight excluding hydrogens is 367 g/mol. The number of rotatable bonds is 4. The van der Waals surface area contributed by atoms with Crippen molar-refractivity contribution in [2.45, 2.75) is 25.3 Å². The van der Waals surface area contributed by atoms with E-state index < -0.39 is 15.5 Å². The van der Waals surface area contributed by atoms with Crippen molar-refractivity contribution in [3.05, 3.63) is 36.0 Å². The van der Waals surface area contributed by atoms with Gasteiger partial charge in [0, 0.05) is 36.4 Å². The smallest absolute Gasteiger partial charge is 0.384 e. The van der Waals surface area contributed by atoms with Crippen LogP contribution in [0.5, 0.6) is 0 Å². The van der Waals surface area contributed by atoms with Crippen LogP contribution >= 0.6 is 0 Å². The molecule has 0 unspecified atom stereocenters. The molecule has 1 fully saturated rings. The molecule has 2 heterocycles. The summed E-state index contributed by atoms with van der Waals surface area (Å²) >= 11 is 0. The normalized spacial score (nSPS) is 17.5. The number of fused-ring (bicyclic) bond motifs is 1. The number of hydrogen-bond donors (Lipinski definition) is 1. The molecule has 1 aromatic carbocycles. The highest BCUT2D eigenvalue weighted by atomic mass is 32.2. The highest BCUT2D eigenvalue weighted by Crippen LogP contribution is 2.31. The third-order valence-corrected chi connectivity index (χ3v) is 6.26. The first-order valence-corrected chi connectivity index (χ1v) is 9.79. The highest BCUT2D eigenvalue weighted by molar-refractivity contribution is 7.90. The number of piperidine rings is 1. The number of para-hydroxylation sites is 1. The van der Waals surface area contributed by atoms with E-state index in [9.17, 15) is 21.6 Å². The second-order valence-electron chi connectivity index (χ2n) is 6.50. The van der Waals surface area contributed by atoms with Crippen LogP contribution in [0, 0.1) is 12.8 Å². The van der Waals surface area contributed by atoms with E-state index in [1.807, 2.05) is 37.3 Å². The maximum absolute atomic E-state index is 12.6. The molecule has 1 saturated heterocycles. The van der Waals surface area contributed by atoms with E-state index in [1.165, 1.54) is 0 Å². The number of sulfonamides is 1. The number of alkyl halides is 3. The summed E-state index contributed by atoms with van der Waals surface area (Å²) < 4.78 is 61.3. The summed E-state index contributed by atoms with van der Waals surface area (Å²) in [4.78, 5) is 4.47. The van der Waals surface area contributed by atoms with Crippen LogP contribution in [-0.2, 0) is 10.0 Å². The summed E-state index contributed by atoms with van der Waals surface area (Å²) in [5.74, 6) is 0.113. The number of hydrogen-bond acceptors (Lipinski definition) is 4. The van der Waals surface area contributed by atoms with Crippen molar-refractivity contribution in [1.29, 1.82) is 0 Å². The first-order chi connectivity index (χ1) is 12.2. The molecule has 26 heavy (non-hydrogen) atoms. The van der Waals surface area contributed by atoms with Gasteiger partial charge in [-0.15, -0.1) is 0 Å². The Labute approximate surface area is 150 Å². The van der Waals surface area contributed by atoms with Gasteiger partial charge in [0.05, 0.1) is 5.52 Å². The monoisotopic (exact) mass is 387 g/mol. The van der Waals surface area contributed by atoms with Crippen molar-refractivity contribution in [3.8, 4) is 0 Å². The molecule has 5 nitrogen and oxygen atoms in total. The second kappa shape index (κ2) is 7.03. The molecule has 0 spiro atoms. The van der Waals surface area contributed by atoms with Crippen molar-refractivity contribution in [2.75, 3.05) is 25.0 Å². The molecule has 0 bridgehead atoms. The molecule has 0 atom stereocenters. The fraction of sp³-hybridized carbons (Fsp3) is 0.471. The fourth-order valence-electron chi connectivity index (χ4n) is 3.21. The molecule has 0 aliphatic carbocycles. The summed E-state index contributed by atoms with van der Waals surface area (Å²) in [5, 5.41) is 4.33. The number of benzene rings is 1. The number of anilines is 1. The lowest BCUT2D eigenvalue weighted by Crippen LogP contribution is -2.45. The van der Waals surface area contributed by atoms with Crippen LogP contribution in [0.1, 0.15) is 18.5 Å². The number of nitrogens with zero attached hydrogens (tertiary/aromatic N) is 2. The second-order valence-corrected chi connectivity index (χ2v) is 8.43. The largest absolute Gasteiger partial charge is 0.511 e. The molecule has 0 amide bonds. The molecule has 0 radical (unpaired) electrons. The lowest BCUT2D eigenvalue weighted by atomic mass is 9.98. The van der Waals surface area contributed by atoms with Crippen molar-refractivity contribution in [1.82, 2.24) is 9.29 Å². The lowest BCUT2D eigenvalue weighted by molar-refractivity contribution is -0.0496. The summed E-state index contributed by atoms with van der Waals surface area (Å²) in [6.45, 7) is 2.26. The Kier molecular flexibility index (Phi) is 5.12. The van der Waals surface area contributed by atoms with Gasteiger partial charge in [-0.2, -0.15) is 17.5 Å². The molecule has 1 aromatic heterocycles. The van der Waals surface area contributed by atoms with Crippen molar-refractivity contribution in [2.24, 2.45) is 5.92 Å². The van der Waals surface area contributed by atoms with Crippen LogP contribution in [0.15, 0.2) is 30.3 Å². The van der Waals surface area contributed by atoms with Gasteiger partial charge in [0.15, 0.2) is 0 Å². The van der Waals surface area contributed by atoms with Gasteiger partial charge in [-0.1, -0.05) is 18.2 Å². The quantitative estimate of drug-likeness (QED) is 0.872.